The standard InChI is InChI=1S/C11H14N2O3/c12-6-10(14)13(8-11(15)16)7-9-4-2-1-3-5-9/h1-5H,6-8,12H2,(H,15,16). The van der Waals surface area contributed by atoms with Gasteiger partial charge in [-0.3, -0.25) is 9.59 Å². The highest BCUT2D eigenvalue weighted by Crippen LogP contribution is 2.04. The summed E-state index contributed by atoms with van der Waals surface area (Å²) < 4.78 is 0. The van der Waals surface area contributed by atoms with Gasteiger partial charge in [-0.2, -0.15) is 0 Å². The highest BCUT2D eigenvalue weighted by Gasteiger charge is 2.15. The zero-order chi connectivity index (χ0) is 12.0. The third-order valence-corrected chi connectivity index (χ3v) is 2.07. The first kappa shape index (κ1) is 12.2. The van der Waals surface area contributed by atoms with Crippen LogP contribution in [-0.2, 0) is 16.1 Å². The number of carboxylic acid groups (broad SMARTS) is 1. The van der Waals surface area contributed by atoms with Gasteiger partial charge < -0.3 is 15.7 Å². The van der Waals surface area contributed by atoms with Crippen molar-refractivity contribution in [3.63, 3.8) is 0 Å². The number of carbonyl (C=O) groups is 2. The minimum Gasteiger partial charge on any atom is -0.480 e. The molecule has 5 nitrogen and oxygen atoms in total. The molecule has 16 heavy (non-hydrogen) atoms. The van der Waals surface area contributed by atoms with Crippen molar-refractivity contribution in [3.8, 4) is 0 Å². The molecular formula is C11H14N2O3. The molecule has 86 valence electrons. The van der Waals surface area contributed by atoms with E-state index in [1.165, 1.54) is 4.90 Å². The number of hydrogen-bond donors (Lipinski definition) is 2. The Hall–Kier alpha value is -1.88. The maximum absolute atomic E-state index is 11.4. The molecule has 0 heterocycles. The van der Waals surface area contributed by atoms with Gasteiger partial charge in [-0.1, -0.05) is 30.3 Å². The highest BCUT2D eigenvalue weighted by molar-refractivity contribution is 5.82. The molecular weight excluding hydrogens is 208 g/mol. The SMILES string of the molecule is NCC(=O)N(CC(=O)O)Cc1ccccc1. The molecule has 0 aliphatic carbocycles. The summed E-state index contributed by atoms with van der Waals surface area (Å²) in [5.74, 6) is -1.41. The lowest BCUT2D eigenvalue weighted by molar-refractivity contribution is -0.144. The summed E-state index contributed by atoms with van der Waals surface area (Å²) in [5.41, 5.74) is 6.10. The van der Waals surface area contributed by atoms with Gasteiger partial charge in [0, 0.05) is 6.54 Å². The summed E-state index contributed by atoms with van der Waals surface area (Å²) in [6.07, 6.45) is 0. The van der Waals surface area contributed by atoms with E-state index in [9.17, 15) is 9.59 Å². The van der Waals surface area contributed by atoms with Gasteiger partial charge in [-0.05, 0) is 5.56 Å². The third kappa shape index (κ3) is 3.70. The van der Waals surface area contributed by atoms with Gasteiger partial charge in [-0.25, -0.2) is 0 Å². The zero-order valence-corrected chi connectivity index (χ0v) is 8.80. The second-order valence-electron chi connectivity index (χ2n) is 3.33. The summed E-state index contributed by atoms with van der Waals surface area (Å²) in [6, 6.07) is 9.19. The Balaban J connectivity index is 2.70. The molecule has 0 atom stereocenters. The van der Waals surface area contributed by atoms with Crippen molar-refractivity contribution in [1.82, 2.24) is 4.90 Å². The Kier molecular flexibility index (Phi) is 4.47. The van der Waals surface area contributed by atoms with Crippen LogP contribution in [0.4, 0.5) is 0 Å². The molecule has 0 bridgehead atoms. The van der Waals surface area contributed by atoms with Crippen LogP contribution in [-0.4, -0.2) is 35.0 Å². The molecule has 0 aliphatic heterocycles. The normalized spacial score (nSPS) is 9.81. The van der Waals surface area contributed by atoms with E-state index in [0.29, 0.717) is 0 Å². The number of amides is 1. The van der Waals surface area contributed by atoms with Crippen molar-refractivity contribution in [2.75, 3.05) is 13.1 Å². The Bertz CT molecular complexity index is 365. The van der Waals surface area contributed by atoms with E-state index in [1.807, 2.05) is 30.3 Å². The maximum atomic E-state index is 11.4. The molecule has 0 aliphatic rings. The maximum Gasteiger partial charge on any atom is 0.323 e. The fourth-order valence-corrected chi connectivity index (χ4v) is 1.33. The first-order chi connectivity index (χ1) is 7.63. The van der Waals surface area contributed by atoms with Crippen LogP contribution in [0.1, 0.15) is 5.56 Å². The molecule has 0 aromatic heterocycles. The van der Waals surface area contributed by atoms with Crippen LogP contribution in [0.2, 0.25) is 0 Å². The predicted molar refractivity (Wildman–Crippen MR) is 58.5 cm³/mol. The number of aliphatic carboxylic acids is 1. The molecule has 0 fully saturated rings. The lowest BCUT2D eigenvalue weighted by Crippen LogP contribution is -2.38. The number of carboxylic acids is 1. The molecule has 0 saturated carbocycles. The van der Waals surface area contributed by atoms with Crippen LogP contribution >= 0.6 is 0 Å². The van der Waals surface area contributed by atoms with Crippen LogP contribution in [0, 0.1) is 0 Å². The third-order valence-electron chi connectivity index (χ3n) is 2.07. The number of hydrogen-bond acceptors (Lipinski definition) is 3. The summed E-state index contributed by atoms with van der Waals surface area (Å²) in [5, 5.41) is 8.67. The van der Waals surface area contributed by atoms with Crippen LogP contribution in [0.3, 0.4) is 0 Å². The molecule has 1 rings (SSSR count). The minimum absolute atomic E-state index is 0.180. The Morgan fingerprint density at radius 3 is 2.38 bits per heavy atom. The average molecular weight is 222 g/mol. The van der Waals surface area contributed by atoms with E-state index < -0.39 is 5.97 Å². The van der Waals surface area contributed by atoms with Crippen LogP contribution in [0.5, 0.6) is 0 Å². The van der Waals surface area contributed by atoms with Gasteiger partial charge in [0.05, 0.1) is 6.54 Å². The van der Waals surface area contributed by atoms with E-state index in [4.69, 9.17) is 10.8 Å². The lowest BCUT2D eigenvalue weighted by Gasteiger charge is -2.19. The van der Waals surface area contributed by atoms with Gasteiger partial charge >= 0.3 is 5.97 Å². The molecule has 0 unspecified atom stereocenters. The fourth-order valence-electron chi connectivity index (χ4n) is 1.33. The van der Waals surface area contributed by atoms with Gasteiger partial charge in [0.2, 0.25) is 5.91 Å². The second kappa shape index (κ2) is 5.87. The van der Waals surface area contributed by atoms with Crippen LogP contribution in [0.15, 0.2) is 30.3 Å². The van der Waals surface area contributed by atoms with E-state index in [1.54, 1.807) is 0 Å². The summed E-state index contributed by atoms with van der Waals surface area (Å²) in [4.78, 5) is 23.2. The average Bonchev–Trinajstić information content (AvgIpc) is 2.28. The number of benzene rings is 1. The van der Waals surface area contributed by atoms with Gasteiger partial charge in [-0.15, -0.1) is 0 Å². The molecule has 0 saturated heterocycles. The summed E-state index contributed by atoms with van der Waals surface area (Å²) >= 11 is 0. The molecule has 0 spiro atoms. The zero-order valence-electron chi connectivity index (χ0n) is 8.80. The molecule has 1 aromatic carbocycles. The van der Waals surface area contributed by atoms with Crippen molar-refractivity contribution >= 4 is 11.9 Å². The Morgan fingerprint density at radius 2 is 1.88 bits per heavy atom. The first-order valence-corrected chi connectivity index (χ1v) is 4.87. The lowest BCUT2D eigenvalue weighted by atomic mass is 10.2. The smallest absolute Gasteiger partial charge is 0.323 e. The van der Waals surface area contributed by atoms with Crippen molar-refractivity contribution < 1.29 is 14.7 Å². The largest absolute Gasteiger partial charge is 0.480 e. The highest BCUT2D eigenvalue weighted by atomic mass is 16.4. The minimum atomic E-state index is -1.04. The van der Waals surface area contributed by atoms with Gasteiger partial charge in [0.1, 0.15) is 6.54 Å². The van der Waals surface area contributed by atoms with Crippen LogP contribution in [0.25, 0.3) is 0 Å². The molecule has 5 heteroatoms. The number of carbonyl (C=O) groups excluding carboxylic acids is 1. The van der Waals surface area contributed by atoms with E-state index in [2.05, 4.69) is 0 Å². The monoisotopic (exact) mass is 222 g/mol. The predicted octanol–water partition coefficient (Wildman–Crippen LogP) is 0.0585. The van der Waals surface area contributed by atoms with E-state index >= 15 is 0 Å². The van der Waals surface area contributed by atoms with Gasteiger partial charge in [0.25, 0.3) is 0 Å². The Labute approximate surface area is 93.5 Å². The number of rotatable bonds is 5. The van der Waals surface area contributed by atoms with Gasteiger partial charge in [0.15, 0.2) is 0 Å². The van der Waals surface area contributed by atoms with Crippen LogP contribution < -0.4 is 5.73 Å². The molecule has 3 N–H and O–H groups in total. The Morgan fingerprint density at radius 1 is 1.25 bits per heavy atom. The van der Waals surface area contributed by atoms with Crippen molar-refractivity contribution in [2.45, 2.75) is 6.54 Å². The molecule has 1 amide bonds. The number of nitrogens with zero attached hydrogens (tertiary/aromatic N) is 1. The molecule has 1 aromatic rings. The van der Waals surface area contributed by atoms with Crippen molar-refractivity contribution in [1.29, 1.82) is 0 Å². The van der Waals surface area contributed by atoms with E-state index in [0.717, 1.165) is 5.56 Å². The first-order valence-electron chi connectivity index (χ1n) is 4.87. The summed E-state index contributed by atoms with van der Waals surface area (Å²) in [6.45, 7) is -0.242. The number of nitrogens with two attached hydrogens (primary N) is 1. The quantitative estimate of drug-likeness (QED) is 0.737. The fraction of sp³-hybridized carbons (Fsp3) is 0.273. The molecule has 0 radical (unpaired) electrons. The van der Waals surface area contributed by atoms with Crippen molar-refractivity contribution in [2.24, 2.45) is 5.73 Å². The van der Waals surface area contributed by atoms with E-state index in [-0.39, 0.29) is 25.5 Å². The topological polar surface area (TPSA) is 83.6 Å². The second-order valence-corrected chi connectivity index (χ2v) is 3.33. The summed E-state index contributed by atoms with van der Waals surface area (Å²) in [7, 11) is 0. The van der Waals surface area contributed by atoms with Crippen molar-refractivity contribution in [3.05, 3.63) is 35.9 Å².